The number of hydrogen-bond donors (Lipinski definition) is 1. The summed E-state index contributed by atoms with van der Waals surface area (Å²) in [6.07, 6.45) is 4.46. The number of carbonyl (C=O) groups is 1. The Balaban J connectivity index is 1.58. The van der Waals surface area contributed by atoms with E-state index in [2.05, 4.69) is 22.2 Å². The summed E-state index contributed by atoms with van der Waals surface area (Å²) in [4.78, 5) is 17.3. The molecule has 0 aliphatic carbocycles. The van der Waals surface area contributed by atoms with Crippen molar-refractivity contribution in [1.82, 2.24) is 15.1 Å². The van der Waals surface area contributed by atoms with Gasteiger partial charge in [0.05, 0.1) is 10.6 Å². The number of nitrogens with zero attached hydrogens (tertiary/aromatic N) is 2. The third-order valence-electron chi connectivity index (χ3n) is 5.17. The zero-order valence-electron chi connectivity index (χ0n) is 14.1. The third kappa shape index (κ3) is 4.26. The molecule has 2 fully saturated rings. The van der Waals surface area contributed by atoms with Gasteiger partial charge in [-0.25, -0.2) is 4.39 Å². The molecule has 2 aliphatic rings. The van der Waals surface area contributed by atoms with Crippen molar-refractivity contribution in [2.24, 2.45) is 0 Å². The fraction of sp³-hybridized carbons (Fsp3) is 0.611. The van der Waals surface area contributed by atoms with Crippen molar-refractivity contribution in [3.63, 3.8) is 0 Å². The van der Waals surface area contributed by atoms with Crippen LogP contribution in [0.5, 0.6) is 0 Å². The normalized spacial score (nSPS) is 24.0. The maximum Gasteiger partial charge on any atom is 0.253 e. The molecule has 0 bridgehead atoms. The fourth-order valence-electron chi connectivity index (χ4n) is 3.75. The second kappa shape index (κ2) is 7.81. The zero-order valence-corrected chi connectivity index (χ0v) is 14.9. The Hall–Kier alpha value is -1.17. The van der Waals surface area contributed by atoms with Crippen LogP contribution in [0.4, 0.5) is 4.39 Å². The lowest BCUT2D eigenvalue weighted by Crippen LogP contribution is -2.53. The molecule has 4 nitrogen and oxygen atoms in total. The standard InChI is InChI=1S/C18H25ClFN3O/c1-22-9-6-15(7-10-22)23-8-2-3-14(12-23)21-18(24)16-5-4-13(20)11-17(16)19/h4-5,11,14-15H,2-3,6-10,12H2,1H3,(H,21,24)/t14-/m1/s1. The third-order valence-corrected chi connectivity index (χ3v) is 5.48. The molecule has 0 radical (unpaired) electrons. The molecular weight excluding hydrogens is 329 g/mol. The zero-order chi connectivity index (χ0) is 17.1. The van der Waals surface area contributed by atoms with Crippen LogP contribution >= 0.6 is 11.6 Å². The molecule has 0 saturated carbocycles. The first-order valence-electron chi connectivity index (χ1n) is 8.71. The molecule has 24 heavy (non-hydrogen) atoms. The minimum atomic E-state index is -0.428. The highest BCUT2D eigenvalue weighted by atomic mass is 35.5. The molecule has 1 amide bonds. The minimum absolute atomic E-state index is 0.132. The summed E-state index contributed by atoms with van der Waals surface area (Å²) in [5.41, 5.74) is 0.342. The lowest BCUT2D eigenvalue weighted by atomic mass is 9.98. The molecule has 1 aromatic carbocycles. The summed E-state index contributed by atoms with van der Waals surface area (Å²) in [5.74, 6) is -0.641. The van der Waals surface area contributed by atoms with E-state index in [1.807, 2.05) is 0 Å². The van der Waals surface area contributed by atoms with E-state index >= 15 is 0 Å². The molecule has 0 spiro atoms. The lowest BCUT2D eigenvalue weighted by molar-refractivity contribution is 0.0766. The average Bonchev–Trinajstić information content (AvgIpc) is 2.55. The Morgan fingerprint density at radius 2 is 2.00 bits per heavy atom. The number of amides is 1. The van der Waals surface area contributed by atoms with Gasteiger partial charge in [0.1, 0.15) is 5.82 Å². The molecule has 3 rings (SSSR count). The van der Waals surface area contributed by atoms with E-state index in [9.17, 15) is 9.18 Å². The van der Waals surface area contributed by atoms with Crippen molar-refractivity contribution in [3.8, 4) is 0 Å². The van der Waals surface area contributed by atoms with Crippen LogP contribution in [0.1, 0.15) is 36.0 Å². The van der Waals surface area contributed by atoms with E-state index in [0.717, 1.165) is 39.0 Å². The van der Waals surface area contributed by atoms with Crippen LogP contribution in [-0.2, 0) is 0 Å². The molecule has 1 N–H and O–H groups in total. The molecule has 0 aromatic heterocycles. The first kappa shape index (κ1) is 17.6. The molecule has 2 aliphatic heterocycles. The highest BCUT2D eigenvalue weighted by Gasteiger charge is 2.29. The predicted octanol–water partition coefficient (Wildman–Crippen LogP) is 2.77. The molecule has 2 saturated heterocycles. The van der Waals surface area contributed by atoms with Crippen LogP contribution < -0.4 is 5.32 Å². The van der Waals surface area contributed by atoms with Crippen LogP contribution in [0.3, 0.4) is 0 Å². The Bertz CT molecular complexity index is 590. The van der Waals surface area contributed by atoms with Crippen LogP contribution in [0.15, 0.2) is 18.2 Å². The van der Waals surface area contributed by atoms with E-state index < -0.39 is 5.82 Å². The van der Waals surface area contributed by atoms with E-state index in [1.165, 1.54) is 31.0 Å². The number of carbonyl (C=O) groups excluding carboxylic acids is 1. The second-order valence-corrected chi connectivity index (χ2v) is 7.37. The van der Waals surface area contributed by atoms with E-state index in [1.54, 1.807) is 0 Å². The first-order chi connectivity index (χ1) is 11.5. The van der Waals surface area contributed by atoms with Crippen molar-refractivity contribution >= 4 is 17.5 Å². The van der Waals surface area contributed by atoms with Gasteiger partial charge in [-0.3, -0.25) is 9.69 Å². The van der Waals surface area contributed by atoms with Gasteiger partial charge in [-0.05, 0) is 70.6 Å². The van der Waals surface area contributed by atoms with Crippen molar-refractivity contribution in [3.05, 3.63) is 34.6 Å². The Kier molecular flexibility index (Phi) is 5.74. The van der Waals surface area contributed by atoms with Gasteiger partial charge in [0.15, 0.2) is 0 Å². The molecule has 0 unspecified atom stereocenters. The number of benzene rings is 1. The monoisotopic (exact) mass is 353 g/mol. The summed E-state index contributed by atoms with van der Waals surface area (Å²) < 4.78 is 13.1. The lowest BCUT2D eigenvalue weighted by Gasteiger charge is -2.41. The van der Waals surface area contributed by atoms with Crippen molar-refractivity contribution in [2.45, 2.75) is 37.8 Å². The van der Waals surface area contributed by atoms with Crippen molar-refractivity contribution in [1.29, 1.82) is 0 Å². The van der Waals surface area contributed by atoms with Gasteiger partial charge in [-0.1, -0.05) is 11.6 Å². The summed E-state index contributed by atoms with van der Waals surface area (Å²) in [6.45, 7) is 4.28. The molecule has 1 atom stereocenters. The number of rotatable bonds is 3. The average molecular weight is 354 g/mol. The van der Waals surface area contributed by atoms with Gasteiger partial charge < -0.3 is 10.2 Å². The molecular formula is C18H25ClFN3O. The summed E-state index contributed by atoms with van der Waals surface area (Å²) >= 11 is 5.99. The van der Waals surface area contributed by atoms with E-state index in [4.69, 9.17) is 11.6 Å². The number of nitrogens with one attached hydrogen (secondary N) is 1. The largest absolute Gasteiger partial charge is 0.348 e. The summed E-state index contributed by atoms with van der Waals surface area (Å²) in [7, 11) is 2.17. The predicted molar refractivity (Wildman–Crippen MR) is 94.0 cm³/mol. The van der Waals surface area contributed by atoms with Crippen LogP contribution in [-0.4, -0.2) is 61.0 Å². The molecule has 132 valence electrons. The number of hydrogen-bond acceptors (Lipinski definition) is 3. The number of halogens is 2. The highest BCUT2D eigenvalue weighted by Crippen LogP contribution is 2.22. The maximum absolute atomic E-state index is 13.1. The SMILES string of the molecule is CN1CCC(N2CCC[C@@H](NC(=O)c3ccc(F)cc3Cl)C2)CC1. The summed E-state index contributed by atoms with van der Waals surface area (Å²) in [5, 5.41) is 3.24. The van der Waals surface area contributed by atoms with Crippen molar-refractivity contribution in [2.75, 3.05) is 33.2 Å². The number of likely N-dealkylation sites (tertiary alicyclic amines) is 2. The van der Waals surface area contributed by atoms with Gasteiger partial charge in [0.2, 0.25) is 0 Å². The maximum atomic E-state index is 13.1. The molecule has 1 aromatic rings. The van der Waals surface area contributed by atoms with Gasteiger partial charge >= 0.3 is 0 Å². The summed E-state index contributed by atoms with van der Waals surface area (Å²) in [6, 6.07) is 4.65. The quantitative estimate of drug-likeness (QED) is 0.907. The van der Waals surface area contributed by atoms with Gasteiger partial charge in [0, 0.05) is 18.6 Å². The first-order valence-corrected chi connectivity index (χ1v) is 9.09. The van der Waals surface area contributed by atoms with Crippen LogP contribution in [0, 0.1) is 5.82 Å². The van der Waals surface area contributed by atoms with Crippen LogP contribution in [0.2, 0.25) is 5.02 Å². The minimum Gasteiger partial charge on any atom is -0.348 e. The Labute approximate surface area is 147 Å². The van der Waals surface area contributed by atoms with Gasteiger partial charge in [-0.2, -0.15) is 0 Å². The number of piperidine rings is 2. The molecule has 6 heteroatoms. The smallest absolute Gasteiger partial charge is 0.253 e. The Morgan fingerprint density at radius 1 is 1.25 bits per heavy atom. The topological polar surface area (TPSA) is 35.6 Å². The van der Waals surface area contributed by atoms with Crippen molar-refractivity contribution < 1.29 is 9.18 Å². The second-order valence-electron chi connectivity index (χ2n) is 6.97. The fourth-order valence-corrected chi connectivity index (χ4v) is 4.01. The van der Waals surface area contributed by atoms with Crippen LogP contribution in [0.25, 0.3) is 0 Å². The van der Waals surface area contributed by atoms with E-state index in [-0.39, 0.29) is 17.0 Å². The highest BCUT2D eigenvalue weighted by molar-refractivity contribution is 6.33. The van der Waals surface area contributed by atoms with Gasteiger partial charge in [-0.15, -0.1) is 0 Å². The Morgan fingerprint density at radius 3 is 2.71 bits per heavy atom. The molecule has 2 heterocycles. The van der Waals surface area contributed by atoms with E-state index in [0.29, 0.717) is 11.6 Å². The van der Waals surface area contributed by atoms with Gasteiger partial charge in [0.25, 0.3) is 5.91 Å².